The van der Waals surface area contributed by atoms with Crippen molar-refractivity contribution in [1.82, 2.24) is 14.8 Å². The molecule has 1 aromatic heterocycles. The van der Waals surface area contributed by atoms with E-state index < -0.39 is 5.91 Å². The molecule has 0 aliphatic carbocycles. The van der Waals surface area contributed by atoms with Gasteiger partial charge in [0.1, 0.15) is 5.82 Å². The normalized spacial score (nSPS) is 10.6. The minimum absolute atomic E-state index is 0.0313. The van der Waals surface area contributed by atoms with Gasteiger partial charge >= 0.3 is 0 Å². The van der Waals surface area contributed by atoms with Crippen LogP contribution in [0.5, 0.6) is 0 Å². The van der Waals surface area contributed by atoms with Crippen LogP contribution in [0.15, 0.2) is 78.9 Å². The van der Waals surface area contributed by atoms with E-state index in [0.29, 0.717) is 17.1 Å². The summed E-state index contributed by atoms with van der Waals surface area (Å²) < 4.78 is 14.9. The summed E-state index contributed by atoms with van der Waals surface area (Å²) in [6.07, 6.45) is 0. The van der Waals surface area contributed by atoms with Crippen molar-refractivity contribution in [2.45, 2.75) is 6.92 Å². The highest BCUT2D eigenvalue weighted by molar-refractivity contribution is 6.01. The number of halogens is 1. The van der Waals surface area contributed by atoms with E-state index in [1.54, 1.807) is 16.8 Å². The highest BCUT2D eigenvalue weighted by Crippen LogP contribution is 2.22. The van der Waals surface area contributed by atoms with E-state index in [4.69, 9.17) is 0 Å². The fourth-order valence-corrected chi connectivity index (χ4v) is 2.77. The van der Waals surface area contributed by atoms with Crippen molar-refractivity contribution in [3.8, 4) is 17.1 Å². The predicted molar refractivity (Wildman–Crippen MR) is 106 cm³/mol. The number of aryl methyl sites for hydroxylation is 1. The quantitative estimate of drug-likeness (QED) is 0.568. The predicted octanol–water partition coefficient (Wildman–Crippen LogP) is 4.63. The lowest BCUT2D eigenvalue weighted by atomic mass is 10.2. The number of aromatic nitrogens is 3. The maximum absolute atomic E-state index is 13.3. The molecule has 4 aromatic rings. The second-order valence-corrected chi connectivity index (χ2v) is 6.33. The average Bonchev–Trinajstić information content (AvgIpc) is 3.16. The fourth-order valence-electron chi connectivity index (χ4n) is 2.77. The summed E-state index contributed by atoms with van der Waals surface area (Å²) in [5, 5.41) is 7.19. The summed E-state index contributed by atoms with van der Waals surface area (Å²) >= 11 is 0. The van der Waals surface area contributed by atoms with Crippen molar-refractivity contribution in [2.24, 2.45) is 0 Å². The standard InChI is InChI=1S/C22H17FN4O/c1-15-7-13-18(14-8-15)24-22(28)20-25-21(16-9-11-17(23)12-10-16)27(26-20)19-5-3-2-4-6-19/h2-14H,1H3,(H,24,28). The smallest absolute Gasteiger partial charge is 0.295 e. The Morgan fingerprint density at radius 1 is 0.929 bits per heavy atom. The van der Waals surface area contributed by atoms with Gasteiger partial charge in [0.05, 0.1) is 5.69 Å². The Hall–Kier alpha value is -3.80. The molecule has 3 aromatic carbocycles. The van der Waals surface area contributed by atoms with Crippen LogP contribution in [0.3, 0.4) is 0 Å². The van der Waals surface area contributed by atoms with Crippen LogP contribution in [0.4, 0.5) is 10.1 Å². The van der Waals surface area contributed by atoms with E-state index in [9.17, 15) is 9.18 Å². The molecule has 6 heteroatoms. The Bertz CT molecular complexity index is 1100. The number of nitrogens with one attached hydrogen (secondary N) is 1. The second kappa shape index (κ2) is 7.44. The average molecular weight is 372 g/mol. The lowest BCUT2D eigenvalue weighted by Crippen LogP contribution is -2.14. The number of rotatable bonds is 4. The van der Waals surface area contributed by atoms with Gasteiger partial charge in [-0.3, -0.25) is 4.79 Å². The Kier molecular flexibility index (Phi) is 4.68. The van der Waals surface area contributed by atoms with Crippen LogP contribution >= 0.6 is 0 Å². The van der Waals surface area contributed by atoms with Gasteiger partial charge in [0.2, 0.25) is 5.82 Å². The summed E-state index contributed by atoms with van der Waals surface area (Å²) in [7, 11) is 0. The van der Waals surface area contributed by atoms with Crippen LogP contribution in [-0.4, -0.2) is 20.7 Å². The molecule has 0 fully saturated rings. The van der Waals surface area contributed by atoms with Gasteiger partial charge in [0, 0.05) is 11.3 Å². The highest BCUT2D eigenvalue weighted by Gasteiger charge is 2.19. The first-order valence-corrected chi connectivity index (χ1v) is 8.76. The molecule has 0 radical (unpaired) electrons. The van der Waals surface area contributed by atoms with E-state index in [2.05, 4.69) is 15.4 Å². The van der Waals surface area contributed by atoms with E-state index >= 15 is 0 Å². The number of nitrogens with zero attached hydrogens (tertiary/aromatic N) is 3. The third kappa shape index (κ3) is 3.66. The van der Waals surface area contributed by atoms with E-state index in [0.717, 1.165) is 11.3 Å². The van der Waals surface area contributed by atoms with Crippen molar-refractivity contribution < 1.29 is 9.18 Å². The molecule has 0 atom stereocenters. The number of para-hydroxylation sites is 1. The molecule has 0 unspecified atom stereocenters. The first-order chi connectivity index (χ1) is 13.6. The van der Waals surface area contributed by atoms with Crippen molar-refractivity contribution in [3.05, 3.63) is 96.1 Å². The van der Waals surface area contributed by atoms with Gasteiger partial charge in [-0.25, -0.2) is 14.1 Å². The molecule has 138 valence electrons. The summed E-state index contributed by atoms with van der Waals surface area (Å²) in [5.74, 6) is -0.266. The zero-order valence-corrected chi connectivity index (χ0v) is 15.1. The number of carbonyl (C=O) groups is 1. The van der Waals surface area contributed by atoms with Crippen LogP contribution in [0.2, 0.25) is 0 Å². The third-order valence-electron chi connectivity index (χ3n) is 4.22. The van der Waals surface area contributed by atoms with Crippen LogP contribution in [0.1, 0.15) is 16.2 Å². The molecule has 0 aliphatic heterocycles. The van der Waals surface area contributed by atoms with Crippen LogP contribution < -0.4 is 5.32 Å². The van der Waals surface area contributed by atoms with Crippen molar-refractivity contribution in [3.63, 3.8) is 0 Å². The van der Waals surface area contributed by atoms with Crippen LogP contribution in [0, 0.1) is 12.7 Å². The molecular formula is C22H17FN4O. The number of amides is 1. The summed E-state index contributed by atoms with van der Waals surface area (Å²) in [4.78, 5) is 17.1. The van der Waals surface area contributed by atoms with Gasteiger partial charge in [-0.15, -0.1) is 5.10 Å². The summed E-state index contributed by atoms with van der Waals surface area (Å²) in [6.45, 7) is 1.98. The minimum Gasteiger partial charge on any atom is -0.319 e. The van der Waals surface area contributed by atoms with Crippen LogP contribution in [-0.2, 0) is 0 Å². The molecule has 0 spiro atoms. The number of carbonyl (C=O) groups excluding carboxylic acids is 1. The Labute approximate surface area is 161 Å². The molecule has 1 amide bonds. The fraction of sp³-hybridized carbons (Fsp3) is 0.0455. The Morgan fingerprint density at radius 2 is 1.61 bits per heavy atom. The number of hydrogen-bond acceptors (Lipinski definition) is 3. The first kappa shape index (κ1) is 17.6. The first-order valence-electron chi connectivity index (χ1n) is 8.76. The van der Waals surface area contributed by atoms with Crippen molar-refractivity contribution >= 4 is 11.6 Å². The molecule has 0 saturated carbocycles. The van der Waals surface area contributed by atoms with Gasteiger partial charge in [-0.1, -0.05) is 35.9 Å². The molecule has 0 bridgehead atoms. The van der Waals surface area contributed by atoms with E-state index in [-0.39, 0.29) is 11.6 Å². The Balaban J connectivity index is 1.73. The third-order valence-corrected chi connectivity index (χ3v) is 4.22. The summed E-state index contributed by atoms with van der Waals surface area (Å²) in [5.41, 5.74) is 3.17. The lowest BCUT2D eigenvalue weighted by Gasteiger charge is -2.05. The topological polar surface area (TPSA) is 59.8 Å². The Morgan fingerprint density at radius 3 is 2.29 bits per heavy atom. The molecule has 4 rings (SSSR count). The molecule has 1 N–H and O–H groups in total. The molecular weight excluding hydrogens is 355 g/mol. The van der Waals surface area contributed by atoms with Gasteiger partial charge in [0.15, 0.2) is 5.82 Å². The van der Waals surface area contributed by atoms with Gasteiger partial charge in [0.25, 0.3) is 5.91 Å². The van der Waals surface area contributed by atoms with Gasteiger partial charge in [-0.2, -0.15) is 0 Å². The monoisotopic (exact) mass is 372 g/mol. The zero-order valence-electron chi connectivity index (χ0n) is 15.1. The minimum atomic E-state index is -0.415. The largest absolute Gasteiger partial charge is 0.319 e. The number of hydrogen-bond donors (Lipinski definition) is 1. The highest BCUT2D eigenvalue weighted by atomic mass is 19.1. The molecule has 0 aliphatic rings. The zero-order chi connectivity index (χ0) is 19.5. The molecule has 5 nitrogen and oxygen atoms in total. The molecule has 1 heterocycles. The van der Waals surface area contributed by atoms with E-state index in [1.165, 1.54) is 12.1 Å². The number of benzene rings is 3. The number of anilines is 1. The molecule has 0 saturated heterocycles. The maximum Gasteiger partial charge on any atom is 0.295 e. The van der Waals surface area contributed by atoms with Crippen molar-refractivity contribution in [1.29, 1.82) is 0 Å². The van der Waals surface area contributed by atoms with Gasteiger partial charge in [-0.05, 0) is 55.5 Å². The van der Waals surface area contributed by atoms with Gasteiger partial charge < -0.3 is 5.32 Å². The molecule has 28 heavy (non-hydrogen) atoms. The van der Waals surface area contributed by atoms with Crippen LogP contribution in [0.25, 0.3) is 17.1 Å². The second-order valence-electron chi connectivity index (χ2n) is 6.33. The SMILES string of the molecule is Cc1ccc(NC(=O)c2nc(-c3ccc(F)cc3)n(-c3ccccc3)n2)cc1. The van der Waals surface area contributed by atoms with E-state index in [1.807, 2.05) is 61.5 Å². The maximum atomic E-state index is 13.3. The van der Waals surface area contributed by atoms with Crippen molar-refractivity contribution in [2.75, 3.05) is 5.32 Å². The lowest BCUT2D eigenvalue weighted by molar-refractivity contribution is 0.101. The summed E-state index contributed by atoms with van der Waals surface area (Å²) in [6, 6.07) is 22.8.